The Morgan fingerprint density at radius 1 is 1.32 bits per heavy atom. The summed E-state index contributed by atoms with van der Waals surface area (Å²) in [6.45, 7) is 3.98. The van der Waals surface area contributed by atoms with Crippen molar-refractivity contribution in [1.29, 1.82) is 5.26 Å². The lowest BCUT2D eigenvalue weighted by molar-refractivity contribution is 0.242. The number of hydrogen-bond donors (Lipinski definition) is 0. The Morgan fingerprint density at radius 2 is 1.95 bits per heavy atom. The average Bonchev–Trinajstić information content (AvgIpc) is 2.66. The summed E-state index contributed by atoms with van der Waals surface area (Å²) in [6, 6.07) is 9.75. The van der Waals surface area contributed by atoms with Crippen molar-refractivity contribution in [1.82, 2.24) is 9.55 Å². The molecule has 2 aromatic rings. The molecule has 0 spiro atoms. The third-order valence-electron chi connectivity index (χ3n) is 2.62. The molecule has 98 valence electrons. The summed E-state index contributed by atoms with van der Waals surface area (Å²) < 4.78 is 8.13. The number of aromatic nitrogens is 2. The molecule has 0 saturated carbocycles. The van der Waals surface area contributed by atoms with E-state index in [4.69, 9.17) is 10.00 Å². The molecule has 0 atom stereocenters. The predicted molar refractivity (Wildman–Crippen MR) is 76.8 cm³/mol. The highest BCUT2D eigenvalue weighted by Gasteiger charge is 2.13. The standard InChI is InChI=1S/C14H14BrN3O/c1-9(2)19-11-6-4-10(5-7-11)14-17-12(8-16)13(15)18(14)3/h4-7,9H,1-3H3. The molecule has 0 bridgehead atoms. The molecule has 0 aliphatic heterocycles. The van der Waals surface area contributed by atoms with Crippen LogP contribution in [0.25, 0.3) is 11.4 Å². The number of halogens is 1. The van der Waals surface area contributed by atoms with Gasteiger partial charge in [-0.1, -0.05) is 0 Å². The SMILES string of the molecule is CC(C)Oc1ccc(-c2nc(C#N)c(Br)n2C)cc1. The second-order valence-electron chi connectivity index (χ2n) is 4.44. The molecule has 5 heteroatoms. The van der Waals surface area contributed by atoms with Crippen LogP contribution in [0, 0.1) is 11.3 Å². The van der Waals surface area contributed by atoms with Gasteiger partial charge in [0.25, 0.3) is 0 Å². The number of nitriles is 1. The Kier molecular flexibility index (Phi) is 3.91. The first-order valence-corrected chi connectivity index (χ1v) is 6.71. The monoisotopic (exact) mass is 319 g/mol. The fraction of sp³-hybridized carbons (Fsp3) is 0.286. The zero-order valence-corrected chi connectivity index (χ0v) is 12.6. The van der Waals surface area contributed by atoms with Gasteiger partial charge in [0.1, 0.15) is 22.2 Å². The molecule has 2 rings (SSSR count). The van der Waals surface area contributed by atoms with Crippen LogP contribution in [0.5, 0.6) is 5.75 Å². The van der Waals surface area contributed by atoms with Gasteiger partial charge in [0.05, 0.1) is 6.10 Å². The lowest BCUT2D eigenvalue weighted by Gasteiger charge is -2.10. The van der Waals surface area contributed by atoms with Crippen LogP contribution in [0.4, 0.5) is 0 Å². The number of rotatable bonds is 3. The number of nitrogens with zero attached hydrogens (tertiary/aromatic N) is 3. The minimum absolute atomic E-state index is 0.151. The summed E-state index contributed by atoms with van der Waals surface area (Å²) in [4.78, 5) is 4.30. The maximum absolute atomic E-state index is 8.97. The van der Waals surface area contributed by atoms with E-state index >= 15 is 0 Å². The van der Waals surface area contributed by atoms with Crippen molar-refractivity contribution in [3.8, 4) is 23.2 Å². The van der Waals surface area contributed by atoms with E-state index in [9.17, 15) is 0 Å². The minimum Gasteiger partial charge on any atom is -0.491 e. The predicted octanol–water partition coefficient (Wildman–Crippen LogP) is 3.51. The first-order valence-electron chi connectivity index (χ1n) is 5.92. The summed E-state index contributed by atoms with van der Waals surface area (Å²) in [5.41, 5.74) is 1.33. The number of benzene rings is 1. The molecule has 0 amide bonds. The van der Waals surface area contributed by atoms with E-state index in [2.05, 4.69) is 27.0 Å². The van der Waals surface area contributed by atoms with Gasteiger partial charge in [-0.3, -0.25) is 0 Å². The summed E-state index contributed by atoms with van der Waals surface area (Å²) in [6.07, 6.45) is 0.151. The Balaban J connectivity index is 2.35. The van der Waals surface area contributed by atoms with Crippen molar-refractivity contribution in [3.63, 3.8) is 0 Å². The van der Waals surface area contributed by atoms with Crippen molar-refractivity contribution in [2.45, 2.75) is 20.0 Å². The maximum Gasteiger partial charge on any atom is 0.173 e. The van der Waals surface area contributed by atoms with Crippen molar-refractivity contribution in [3.05, 3.63) is 34.6 Å². The summed E-state index contributed by atoms with van der Waals surface area (Å²) in [5.74, 6) is 1.58. The van der Waals surface area contributed by atoms with Gasteiger partial charge in [0, 0.05) is 12.6 Å². The zero-order valence-electron chi connectivity index (χ0n) is 11.0. The number of imidazole rings is 1. The molecule has 0 aliphatic carbocycles. The van der Waals surface area contributed by atoms with E-state index in [0.29, 0.717) is 10.3 Å². The van der Waals surface area contributed by atoms with E-state index in [1.807, 2.05) is 49.7 Å². The van der Waals surface area contributed by atoms with Crippen LogP contribution in [0.1, 0.15) is 19.5 Å². The summed E-state index contributed by atoms with van der Waals surface area (Å²) in [5, 5.41) is 8.97. The molecule has 1 heterocycles. The van der Waals surface area contributed by atoms with E-state index < -0.39 is 0 Å². The normalized spacial score (nSPS) is 10.5. The van der Waals surface area contributed by atoms with Crippen LogP contribution in [-0.2, 0) is 7.05 Å². The lowest BCUT2D eigenvalue weighted by Crippen LogP contribution is -2.05. The first-order chi connectivity index (χ1) is 9.02. The van der Waals surface area contributed by atoms with Gasteiger partial charge in [-0.2, -0.15) is 5.26 Å². The second kappa shape index (κ2) is 5.45. The fourth-order valence-electron chi connectivity index (χ4n) is 1.76. The molecule has 0 unspecified atom stereocenters. The number of ether oxygens (including phenoxy) is 1. The highest BCUT2D eigenvalue weighted by atomic mass is 79.9. The Hall–Kier alpha value is -1.80. The Bertz CT molecular complexity index is 623. The van der Waals surface area contributed by atoms with Gasteiger partial charge in [0.2, 0.25) is 0 Å². The Labute approximate surface area is 120 Å². The van der Waals surface area contributed by atoms with Crippen LogP contribution in [0.2, 0.25) is 0 Å². The van der Waals surface area contributed by atoms with Gasteiger partial charge >= 0.3 is 0 Å². The van der Waals surface area contributed by atoms with Crippen LogP contribution in [0.15, 0.2) is 28.9 Å². The van der Waals surface area contributed by atoms with Gasteiger partial charge < -0.3 is 9.30 Å². The van der Waals surface area contributed by atoms with Crippen molar-refractivity contribution >= 4 is 15.9 Å². The van der Waals surface area contributed by atoms with E-state index in [1.54, 1.807) is 0 Å². The lowest BCUT2D eigenvalue weighted by atomic mass is 10.2. The Morgan fingerprint density at radius 3 is 2.42 bits per heavy atom. The first kappa shape index (κ1) is 13.6. The van der Waals surface area contributed by atoms with Crippen molar-refractivity contribution in [2.24, 2.45) is 7.05 Å². The van der Waals surface area contributed by atoms with Gasteiger partial charge in [-0.05, 0) is 54.0 Å². The molecular formula is C14H14BrN3O. The zero-order chi connectivity index (χ0) is 14.0. The molecule has 1 aromatic carbocycles. The van der Waals surface area contributed by atoms with Gasteiger partial charge in [-0.25, -0.2) is 4.98 Å². The molecule has 0 fully saturated rings. The average molecular weight is 320 g/mol. The molecular weight excluding hydrogens is 306 g/mol. The third-order valence-corrected chi connectivity index (χ3v) is 3.52. The van der Waals surface area contributed by atoms with Gasteiger partial charge in [-0.15, -0.1) is 0 Å². The molecule has 0 aliphatic rings. The van der Waals surface area contributed by atoms with E-state index in [-0.39, 0.29) is 6.10 Å². The van der Waals surface area contributed by atoms with Crippen LogP contribution in [0.3, 0.4) is 0 Å². The largest absolute Gasteiger partial charge is 0.491 e. The number of hydrogen-bond acceptors (Lipinski definition) is 3. The smallest absolute Gasteiger partial charge is 0.173 e. The second-order valence-corrected chi connectivity index (χ2v) is 5.19. The third kappa shape index (κ3) is 2.79. The molecule has 0 N–H and O–H groups in total. The molecule has 0 saturated heterocycles. The van der Waals surface area contributed by atoms with Gasteiger partial charge in [0.15, 0.2) is 5.69 Å². The summed E-state index contributed by atoms with van der Waals surface area (Å²) in [7, 11) is 1.87. The molecule has 4 nitrogen and oxygen atoms in total. The minimum atomic E-state index is 0.151. The maximum atomic E-state index is 8.97. The topological polar surface area (TPSA) is 50.8 Å². The van der Waals surface area contributed by atoms with Crippen LogP contribution < -0.4 is 4.74 Å². The van der Waals surface area contributed by atoms with Crippen LogP contribution >= 0.6 is 15.9 Å². The van der Waals surface area contributed by atoms with E-state index in [1.165, 1.54) is 0 Å². The fourth-order valence-corrected chi connectivity index (χ4v) is 2.11. The molecule has 19 heavy (non-hydrogen) atoms. The van der Waals surface area contributed by atoms with Crippen LogP contribution in [-0.4, -0.2) is 15.7 Å². The summed E-state index contributed by atoms with van der Waals surface area (Å²) >= 11 is 3.36. The van der Waals surface area contributed by atoms with E-state index in [0.717, 1.165) is 17.1 Å². The molecule has 1 aromatic heterocycles. The highest BCUT2D eigenvalue weighted by Crippen LogP contribution is 2.26. The molecule has 0 radical (unpaired) electrons. The van der Waals surface area contributed by atoms with Crippen molar-refractivity contribution in [2.75, 3.05) is 0 Å². The highest BCUT2D eigenvalue weighted by molar-refractivity contribution is 9.10. The quantitative estimate of drug-likeness (QED) is 0.869. The van der Waals surface area contributed by atoms with Crippen molar-refractivity contribution < 1.29 is 4.74 Å².